The molecule has 0 radical (unpaired) electrons. The fourth-order valence-electron chi connectivity index (χ4n) is 4.29. The van der Waals surface area contributed by atoms with Gasteiger partial charge in [-0.05, 0) is 18.9 Å². The zero-order valence-electron chi connectivity index (χ0n) is 18.4. The third-order valence-electron chi connectivity index (χ3n) is 6.20. The molecule has 0 spiro atoms. The van der Waals surface area contributed by atoms with Gasteiger partial charge < -0.3 is 24.4 Å². The van der Waals surface area contributed by atoms with Gasteiger partial charge in [-0.25, -0.2) is 14.8 Å². The summed E-state index contributed by atoms with van der Waals surface area (Å²) in [5.41, 5.74) is 1.41. The maximum absolute atomic E-state index is 12.9. The van der Waals surface area contributed by atoms with Gasteiger partial charge in [0.2, 0.25) is 5.88 Å². The minimum absolute atomic E-state index is 0.234. The Morgan fingerprint density at radius 3 is 2.73 bits per heavy atom. The number of nitrogens with one attached hydrogen (secondary N) is 1. The first-order valence-electron chi connectivity index (χ1n) is 10.9. The summed E-state index contributed by atoms with van der Waals surface area (Å²) >= 11 is 1.41. The molecule has 2 amide bonds. The number of thiazole rings is 1. The summed E-state index contributed by atoms with van der Waals surface area (Å²) in [6.07, 6.45) is 6.06. The minimum Gasteiger partial charge on any atom is -0.479 e. The molecule has 5 heterocycles. The molecule has 2 aliphatic heterocycles. The van der Waals surface area contributed by atoms with Crippen molar-refractivity contribution < 1.29 is 19.4 Å². The number of anilines is 2. The zero-order chi connectivity index (χ0) is 22.8. The highest BCUT2D eigenvalue weighted by atomic mass is 32.1. The number of ether oxygens (including phenoxy) is 2. The van der Waals surface area contributed by atoms with Crippen LogP contribution in [0.2, 0.25) is 0 Å². The van der Waals surface area contributed by atoms with E-state index < -0.39 is 5.60 Å². The molecule has 10 nitrogen and oxygen atoms in total. The second kappa shape index (κ2) is 9.08. The van der Waals surface area contributed by atoms with E-state index in [1.165, 1.54) is 11.3 Å². The number of amides is 2. The summed E-state index contributed by atoms with van der Waals surface area (Å²) in [5, 5.41) is 14.4. The second-order valence-corrected chi connectivity index (χ2v) is 9.14. The number of hydrogen-bond donors (Lipinski definition) is 2. The number of carbonyl (C=O) groups excluding carboxylic acids is 1. The Kier molecular flexibility index (Phi) is 6.00. The number of likely N-dealkylation sites (tertiary alicyclic amines) is 1. The molecule has 0 saturated carbocycles. The number of aliphatic hydroxyl groups is 1. The van der Waals surface area contributed by atoms with Crippen molar-refractivity contribution in [3.63, 3.8) is 0 Å². The largest absolute Gasteiger partial charge is 0.479 e. The molecule has 0 aromatic carbocycles. The van der Waals surface area contributed by atoms with E-state index >= 15 is 0 Å². The van der Waals surface area contributed by atoms with Gasteiger partial charge in [-0.1, -0.05) is 17.4 Å². The number of methoxy groups -OCH3 is 1. The van der Waals surface area contributed by atoms with Crippen LogP contribution in [0.1, 0.15) is 18.4 Å². The number of carbonyl (C=O) groups is 1. The number of aromatic nitrogens is 3. The van der Waals surface area contributed by atoms with E-state index in [1.54, 1.807) is 30.6 Å². The molecule has 0 aliphatic carbocycles. The van der Waals surface area contributed by atoms with Crippen molar-refractivity contribution in [3.8, 4) is 5.88 Å². The van der Waals surface area contributed by atoms with Gasteiger partial charge in [0.25, 0.3) is 0 Å². The summed E-state index contributed by atoms with van der Waals surface area (Å²) in [7, 11) is 1.56. The molecular formula is C22H26N6O4S. The number of pyridine rings is 2. The van der Waals surface area contributed by atoms with E-state index in [2.05, 4.69) is 25.2 Å². The summed E-state index contributed by atoms with van der Waals surface area (Å²) in [5.74, 6) is 0.429. The smallest absolute Gasteiger partial charge is 0.323 e. The van der Waals surface area contributed by atoms with Gasteiger partial charge in [-0.15, -0.1) is 0 Å². The van der Waals surface area contributed by atoms with Crippen LogP contribution in [0.25, 0.3) is 10.2 Å². The molecule has 2 saturated heterocycles. The van der Waals surface area contributed by atoms with Crippen molar-refractivity contribution in [1.29, 1.82) is 0 Å². The van der Waals surface area contributed by atoms with Gasteiger partial charge in [0, 0.05) is 44.1 Å². The van der Waals surface area contributed by atoms with Gasteiger partial charge in [-0.3, -0.25) is 10.3 Å². The molecule has 2 aliphatic rings. The lowest BCUT2D eigenvalue weighted by Gasteiger charge is -2.38. The highest BCUT2D eigenvalue weighted by Gasteiger charge is 2.36. The van der Waals surface area contributed by atoms with Crippen LogP contribution in [0.4, 0.5) is 15.6 Å². The van der Waals surface area contributed by atoms with Crippen molar-refractivity contribution in [1.82, 2.24) is 19.9 Å². The maximum Gasteiger partial charge on any atom is 0.323 e. The standard InChI is InChI=1S/C22H26N6O4S/c1-31-19-17-18(16(14-24-19)27-9-11-32-12-10-27)33-20(25-17)26-21(29)28-7-4-22(30,5-8-28)15-3-2-6-23-13-15/h2-3,6,13-14,30H,4-5,7-12H2,1H3,(H,25,26,29). The Morgan fingerprint density at radius 2 is 2.03 bits per heavy atom. The average molecular weight is 471 g/mol. The van der Waals surface area contributed by atoms with Crippen LogP contribution >= 0.6 is 11.3 Å². The number of morpholine rings is 1. The lowest BCUT2D eigenvalue weighted by atomic mass is 9.85. The van der Waals surface area contributed by atoms with Gasteiger partial charge >= 0.3 is 6.03 Å². The molecule has 174 valence electrons. The van der Waals surface area contributed by atoms with Gasteiger partial charge in [0.15, 0.2) is 5.13 Å². The van der Waals surface area contributed by atoms with E-state index in [0.29, 0.717) is 55.7 Å². The fourth-order valence-corrected chi connectivity index (χ4v) is 5.27. The van der Waals surface area contributed by atoms with Gasteiger partial charge in [0.05, 0.1) is 42.5 Å². The Labute approximate surface area is 195 Å². The molecule has 2 N–H and O–H groups in total. The topological polar surface area (TPSA) is 113 Å². The van der Waals surface area contributed by atoms with Crippen molar-refractivity contribution in [2.45, 2.75) is 18.4 Å². The van der Waals surface area contributed by atoms with Gasteiger partial charge in [0.1, 0.15) is 5.52 Å². The predicted molar refractivity (Wildman–Crippen MR) is 125 cm³/mol. The first-order valence-corrected chi connectivity index (χ1v) is 11.7. The SMILES string of the molecule is COc1ncc(N2CCOCC2)c2sc(NC(=O)N3CCC(O)(c4cccnc4)CC3)nc12. The zero-order valence-corrected chi connectivity index (χ0v) is 19.2. The first-order chi connectivity index (χ1) is 16.1. The van der Waals surface area contributed by atoms with E-state index in [0.717, 1.165) is 29.0 Å². The number of rotatable bonds is 4. The third kappa shape index (κ3) is 4.31. The van der Waals surface area contributed by atoms with Crippen LogP contribution in [0.15, 0.2) is 30.7 Å². The molecule has 3 aromatic rings. The Morgan fingerprint density at radius 1 is 1.24 bits per heavy atom. The number of urea groups is 1. The second-order valence-electron chi connectivity index (χ2n) is 8.14. The predicted octanol–water partition coefficient (Wildman–Crippen LogP) is 2.45. The lowest BCUT2D eigenvalue weighted by molar-refractivity contribution is -0.0159. The third-order valence-corrected chi connectivity index (χ3v) is 7.20. The average Bonchev–Trinajstić information content (AvgIpc) is 3.28. The van der Waals surface area contributed by atoms with E-state index in [-0.39, 0.29) is 6.03 Å². The summed E-state index contributed by atoms with van der Waals surface area (Å²) in [4.78, 5) is 30.0. The van der Waals surface area contributed by atoms with Crippen molar-refractivity contribution in [2.24, 2.45) is 0 Å². The van der Waals surface area contributed by atoms with Crippen molar-refractivity contribution in [3.05, 3.63) is 36.3 Å². The molecule has 33 heavy (non-hydrogen) atoms. The molecular weight excluding hydrogens is 444 g/mol. The van der Waals surface area contributed by atoms with E-state index in [4.69, 9.17) is 9.47 Å². The normalized spacial score (nSPS) is 18.4. The number of piperidine rings is 1. The fraction of sp³-hybridized carbons (Fsp3) is 0.455. The van der Waals surface area contributed by atoms with Crippen LogP contribution in [0.3, 0.4) is 0 Å². The van der Waals surface area contributed by atoms with Crippen LogP contribution < -0.4 is 15.0 Å². The minimum atomic E-state index is -0.965. The number of hydrogen-bond acceptors (Lipinski definition) is 9. The summed E-state index contributed by atoms with van der Waals surface area (Å²) in [6.45, 7) is 3.75. The first kappa shape index (κ1) is 21.8. The lowest BCUT2D eigenvalue weighted by Crippen LogP contribution is -2.46. The molecule has 0 bridgehead atoms. The molecule has 5 rings (SSSR count). The Balaban J connectivity index is 1.31. The number of nitrogens with zero attached hydrogens (tertiary/aromatic N) is 5. The molecule has 0 atom stereocenters. The highest BCUT2D eigenvalue weighted by Crippen LogP contribution is 2.38. The van der Waals surface area contributed by atoms with Crippen LogP contribution in [-0.2, 0) is 10.3 Å². The van der Waals surface area contributed by atoms with Crippen molar-refractivity contribution in [2.75, 3.05) is 56.7 Å². The van der Waals surface area contributed by atoms with Crippen LogP contribution in [-0.4, -0.2) is 77.5 Å². The van der Waals surface area contributed by atoms with Crippen molar-refractivity contribution >= 4 is 38.4 Å². The Hall–Kier alpha value is -3.02. The maximum atomic E-state index is 12.9. The highest BCUT2D eigenvalue weighted by molar-refractivity contribution is 7.23. The molecule has 11 heteroatoms. The van der Waals surface area contributed by atoms with E-state index in [1.807, 2.05) is 12.1 Å². The summed E-state index contributed by atoms with van der Waals surface area (Å²) < 4.78 is 11.8. The van der Waals surface area contributed by atoms with Gasteiger partial charge in [-0.2, -0.15) is 0 Å². The summed E-state index contributed by atoms with van der Waals surface area (Å²) in [6, 6.07) is 3.45. The van der Waals surface area contributed by atoms with Crippen LogP contribution in [0, 0.1) is 0 Å². The monoisotopic (exact) mass is 470 g/mol. The molecule has 3 aromatic heterocycles. The Bertz CT molecular complexity index is 1130. The molecule has 2 fully saturated rings. The number of fused-ring (bicyclic) bond motifs is 1. The van der Waals surface area contributed by atoms with Crippen LogP contribution in [0.5, 0.6) is 5.88 Å². The molecule has 0 unspecified atom stereocenters. The van der Waals surface area contributed by atoms with E-state index in [9.17, 15) is 9.90 Å². The quantitative estimate of drug-likeness (QED) is 0.598.